The fourth-order valence-corrected chi connectivity index (χ4v) is 2.57. The number of carboxylic acids is 2. The van der Waals surface area contributed by atoms with Crippen molar-refractivity contribution in [3.05, 3.63) is 46.2 Å². The third-order valence-electron chi connectivity index (χ3n) is 3.98. The number of carboxylic acid groups (broad SMARTS) is 2. The Morgan fingerprint density at radius 3 is 2.46 bits per heavy atom. The van der Waals surface area contributed by atoms with Crippen LogP contribution in [0.4, 0.5) is 17.5 Å². The van der Waals surface area contributed by atoms with Crippen LogP contribution in [0.25, 0.3) is 0 Å². The van der Waals surface area contributed by atoms with E-state index in [-0.39, 0.29) is 43.1 Å². The highest BCUT2D eigenvalue weighted by atomic mass is 16.4. The summed E-state index contributed by atoms with van der Waals surface area (Å²) in [5, 5.41) is 19.8. The molecule has 0 aliphatic heterocycles. The smallest absolute Gasteiger partial charge is 0.322 e. The summed E-state index contributed by atoms with van der Waals surface area (Å²) in [5.41, 5.74) is 14.4. The number of para-hydroxylation sites is 1. The molecule has 0 aliphatic carbocycles. The van der Waals surface area contributed by atoms with Crippen LogP contribution in [0.2, 0.25) is 0 Å². The van der Waals surface area contributed by atoms with E-state index in [0.717, 1.165) is 0 Å². The van der Waals surface area contributed by atoms with Crippen molar-refractivity contribution in [3.8, 4) is 0 Å². The van der Waals surface area contributed by atoms with Crippen LogP contribution in [-0.2, 0) is 16.0 Å². The Kier molecular flexibility index (Phi) is 6.93. The number of anilines is 3. The molecule has 0 saturated carbocycles. The summed E-state index contributed by atoms with van der Waals surface area (Å²) >= 11 is 0. The number of nitrogens with two attached hydrogens (primary N) is 2. The molecule has 0 amide bonds. The quantitative estimate of drug-likeness (QED) is 0.297. The van der Waals surface area contributed by atoms with Crippen LogP contribution >= 0.6 is 0 Å². The van der Waals surface area contributed by atoms with Gasteiger partial charge in [-0.15, -0.1) is 0 Å². The Bertz CT molecular complexity index is 885. The highest BCUT2D eigenvalue weighted by molar-refractivity contribution is 5.75. The Labute approximate surface area is 160 Å². The normalized spacial score (nSPS) is 11.7. The molecule has 0 fully saturated rings. The van der Waals surface area contributed by atoms with Crippen molar-refractivity contribution in [3.63, 3.8) is 0 Å². The maximum Gasteiger partial charge on any atom is 0.322 e. The van der Waals surface area contributed by atoms with E-state index in [0.29, 0.717) is 5.69 Å². The minimum absolute atomic E-state index is 0.00470. The number of aromatic nitrogens is 2. The molecule has 1 atom stereocenters. The van der Waals surface area contributed by atoms with Gasteiger partial charge in [0.05, 0.1) is 11.3 Å². The second-order valence-corrected chi connectivity index (χ2v) is 6.00. The maximum absolute atomic E-state index is 12.1. The molecule has 11 nitrogen and oxygen atoms in total. The van der Waals surface area contributed by atoms with Gasteiger partial charge in [0.15, 0.2) is 0 Å². The summed E-state index contributed by atoms with van der Waals surface area (Å²) in [4.78, 5) is 40.6. The number of benzene rings is 1. The molecule has 2 aromatic rings. The number of aromatic amines is 1. The van der Waals surface area contributed by atoms with Gasteiger partial charge in [-0.25, -0.2) is 5.43 Å². The number of nitrogens with one attached hydrogen (secondary N) is 2. The number of H-pyrrole nitrogens is 1. The lowest BCUT2D eigenvalue weighted by Crippen LogP contribution is -2.50. The first-order valence-electron chi connectivity index (χ1n) is 8.45. The molecule has 0 unspecified atom stereocenters. The van der Waals surface area contributed by atoms with Gasteiger partial charge in [0, 0.05) is 19.4 Å². The van der Waals surface area contributed by atoms with Crippen LogP contribution < -0.4 is 27.5 Å². The summed E-state index contributed by atoms with van der Waals surface area (Å²) < 4.78 is 0. The first-order valence-corrected chi connectivity index (χ1v) is 8.45. The van der Waals surface area contributed by atoms with Crippen molar-refractivity contribution in [1.82, 2.24) is 15.4 Å². The van der Waals surface area contributed by atoms with E-state index in [2.05, 4.69) is 15.4 Å². The van der Waals surface area contributed by atoms with Crippen molar-refractivity contribution >= 4 is 29.4 Å². The van der Waals surface area contributed by atoms with Crippen molar-refractivity contribution in [1.29, 1.82) is 0 Å². The molecular weight excluding hydrogens is 368 g/mol. The van der Waals surface area contributed by atoms with Gasteiger partial charge in [-0.2, -0.15) is 4.98 Å². The van der Waals surface area contributed by atoms with E-state index in [1.807, 2.05) is 0 Å². The molecule has 0 bridgehead atoms. The van der Waals surface area contributed by atoms with Crippen LogP contribution in [0, 0.1) is 0 Å². The third-order valence-corrected chi connectivity index (χ3v) is 3.98. The Balaban J connectivity index is 2.22. The summed E-state index contributed by atoms with van der Waals surface area (Å²) in [5.74, 6) is -2.38. The average Bonchev–Trinajstić information content (AvgIpc) is 2.62. The predicted octanol–water partition coefficient (Wildman–Crippen LogP) is -0.194. The van der Waals surface area contributed by atoms with Crippen LogP contribution in [0.5, 0.6) is 0 Å². The number of hydrogen-bond acceptors (Lipinski definition) is 8. The zero-order valence-corrected chi connectivity index (χ0v) is 15.0. The molecule has 0 saturated heterocycles. The summed E-state index contributed by atoms with van der Waals surface area (Å²) in [6, 6.07) is 7.70. The molecule has 0 radical (unpaired) electrons. The minimum Gasteiger partial charge on any atom is -0.481 e. The van der Waals surface area contributed by atoms with Gasteiger partial charge in [-0.05, 0) is 18.6 Å². The molecule has 8 N–H and O–H groups in total. The first kappa shape index (κ1) is 20.7. The minimum atomic E-state index is -1.19. The first-order chi connectivity index (χ1) is 13.3. The number of carbonyl (C=O) groups is 2. The third kappa shape index (κ3) is 5.71. The zero-order valence-electron chi connectivity index (χ0n) is 15.0. The maximum atomic E-state index is 12.1. The fourth-order valence-electron chi connectivity index (χ4n) is 2.57. The molecule has 1 heterocycles. The molecule has 150 valence electrons. The van der Waals surface area contributed by atoms with Gasteiger partial charge in [-0.1, -0.05) is 18.2 Å². The molecule has 11 heteroatoms. The van der Waals surface area contributed by atoms with Gasteiger partial charge in [-0.3, -0.25) is 19.4 Å². The van der Waals surface area contributed by atoms with E-state index >= 15 is 0 Å². The van der Waals surface area contributed by atoms with Crippen LogP contribution in [-0.4, -0.2) is 44.7 Å². The van der Waals surface area contributed by atoms with Crippen LogP contribution in [0.3, 0.4) is 0 Å². The number of nitrogen functional groups attached to an aromatic ring is 2. The molecule has 0 spiro atoms. The number of hydrogen-bond donors (Lipinski definition) is 6. The molecular formula is C17H22N6O5. The summed E-state index contributed by atoms with van der Waals surface area (Å²) in [6.45, 7) is 0.180. The number of rotatable bonds is 10. The zero-order chi connectivity index (χ0) is 20.7. The van der Waals surface area contributed by atoms with Crippen LogP contribution in [0.1, 0.15) is 18.4 Å². The Morgan fingerprint density at radius 2 is 1.89 bits per heavy atom. The Hall–Kier alpha value is -3.60. The highest BCUT2D eigenvalue weighted by Crippen LogP contribution is 2.14. The van der Waals surface area contributed by atoms with E-state index in [4.69, 9.17) is 16.6 Å². The number of aliphatic carboxylic acids is 2. The van der Waals surface area contributed by atoms with Gasteiger partial charge in [0.2, 0.25) is 5.95 Å². The lowest BCUT2D eigenvalue weighted by molar-refractivity contribution is -0.140. The largest absolute Gasteiger partial charge is 0.481 e. The molecule has 1 aromatic heterocycles. The SMILES string of the molecule is Nc1nc(N)c(CCN(N[C@@H](CCC(=O)O)C(=O)O)c2ccccc2)c(=O)[nH]1. The van der Waals surface area contributed by atoms with Crippen molar-refractivity contribution in [2.75, 3.05) is 23.0 Å². The topological polar surface area (TPSA) is 188 Å². The molecule has 28 heavy (non-hydrogen) atoms. The van der Waals surface area contributed by atoms with E-state index in [1.165, 1.54) is 5.01 Å². The Morgan fingerprint density at radius 1 is 1.21 bits per heavy atom. The van der Waals surface area contributed by atoms with E-state index in [9.17, 15) is 19.5 Å². The van der Waals surface area contributed by atoms with Crippen molar-refractivity contribution in [2.24, 2.45) is 0 Å². The number of hydrazine groups is 1. The van der Waals surface area contributed by atoms with Crippen LogP contribution in [0.15, 0.2) is 35.1 Å². The highest BCUT2D eigenvalue weighted by Gasteiger charge is 2.22. The van der Waals surface area contributed by atoms with Crippen molar-refractivity contribution < 1.29 is 19.8 Å². The van der Waals surface area contributed by atoms with Gasteiger partial charge >= 0.3 is 11.9 Å². The molecule has 2 rings (SSSR count). The standard InChI is InChI=1S/C17H22N6O5/c18-14-11(15(26)21-17(19)20-14)8-9-23(10-4-2-1-3-5-10)22-12(16(27)28)6-7-13(24)25/h1-5,12,22H,6-9H2,(H,24,25)(H,27,28)(H5,18,19,20,21,26)/t12-/m0/s1. The fraction of sp³-hybridized carbons (Fsp3) is 0.294. The lowest BCUT2D eigenvalue weighted by atomic mass is 10.1. The average molecular weight is 390 g/mol. The van der Waals surface area contributed by atoms with E-state index < -0.39 is 23.5 Å². The summed E-state index contributed by atoms with van der Waals surface area (Å²) in [7, 11) is 0. The lowest BCUT2D eigenvalue weighted by Gasteiger charge is -2.29. The van der Waals surface area contributed by atoms with Crippen molar-refractivity contribution in [2.45, 2.75) is 25.3 Å². The van der Waals surface area contributed by atoms with Gasteiger partial charge in [0.25, 0.3) is 5.56 Å². The predicted molar refractivity (Wildman–Crippen MR) is 103 cm³/mol. The number of nitrogens with zero attached hydrogens (tertiary/aromatic N) is 2. The molecule has 0 aliphatic rings. The summed E-state index contributed by atoms with van der Waals surface area (Å²) in [6.07, 6.45) is -0.261. The second-order valence-electron chi connectivity index (χ2n) is 6.00. The van der Waals surface area contributed by atoms with Gasteiger partial charge in [0.1, 0.15) is 11.9 Å². The second kappa shape index (κ2) is 9.37. The molecule has 1 aromatic carbocycles. The van der Waals surface area contributed by atoms with E-state index in [1.54, 1.807) is 30.3 Å². The van der Waals surface area contributed by atoms with Gasteiger partial charge < -0.3 is 26.7 Å². The monoisotopic (exact) mass is 390 g/mol.